The Balaban J connectivity index is 2.33. The highest BCUT2D eigenvalue weighted by Gasteiger charge is 2.03. The first-order chi connectivity index (χ1) is 8.27. The second-order valence-electron chi connectivity index (χ2n) is 4.32. The summed E-state index contributed by atoms with van der Waals surface area (Å²) in [5.41, 5.74) is 1.29. The molecule has 0 aliphatic rings. The van der Waals surface area contributed by atoms with Gasteiger partial charge in [-0.25, -0.2) is 0 Å². The van der Waals surface area contributed by atoms with Gasteiger partial charge in [0.1, 0.15) is 5.75 Å². The maximum atomic E-state index is 5.35. The van der Waals surface area contributed by atoms with Crippen LogP contribution in [0.4, 0.5) is 0 Å². The van der Waals surface area contributed by atoms with Gasteiger partial charge in [-0.05, 0) is 51.7 Å². The molecule has 0 bridgehead atoms. The second kappa shape index (κ2) is 8.09. The van der Waals surface area contributed by atoms with Gasteiger partial charge in [0.2, 0.25) is 0 Å². The number of hydrogen-bond acceptors (Lipinski definition) is 3. The number of likely N-dealkylation sites (N-methyl/N-ethyl adjacent to an activating group) is 1. The largest absolute Gasteiger partial charge is 0.496 e. The van der Waals surface area contributed by atoms with E-state index in [1.165, 1.54) is 12.0 Å². The zero-order valence-corrected chi connectivity index (χ0v) is 11.2. The Labute approximate surface area is 105 Å². The maximum Gasteiger partial charge on any atom is 0.122 e. The highest BCUT2D eigenvalue weighted by molar-refractivity contribution is 5.33. The van der Waals surface area contributed by atoms with Crippen LogP contribution in [0.5, 0.6) is 5.75 Å². The molecule has 0 fully saturated rings. The summed E-state index contributed by atoms with van der Waals surface area (Å²) in [6.07, 6.45) is 2.24. The number of ether oxygens (including phenoxy) is 1. The number of nitrogens with one attached hydrogen (secondary N) is 1. The Bertz CT molecular complexity index is 315. The van der Waals surface area contributed by atoms with E-state index >= 15 is 0 Å². The number of methoxy groups -OCH3 is 1. The van der Waals surface area contributed by atoms with Crippen LogP contribution in [0.1, 0.15) is 12.0 Å². The summed E-state index contributed by atoms with van der Waals surface area (Å²) in [5, 5.41) is 3.17. The predicted octanol–water partition coefficient (Wildman–Crippen LogP) is 1.78. The van der Waals surface area contributed by atoms with E-state index in [4.69, 9.17) is 4.74 Å². The Hall–Kier alpha value is -1.06. The Morgan fingerprint density at radius 2 is 2.00 bits per heavy atom. The van der Waals surface area contributed by atoms with Crippen molar-refractivity contribution < 1.29 is 4.74 Å². The molecule has 17 heavy (non-hydrogen) atoms. The molecule has 0 aliphatic carbocycles. The van der Waals surface area contributed by atoms with Gasteiger partial charge in [0.05, 0.1) is 7.11 Å². The molecule has 0 spiro atoms. The van der Waals surface area contributed by atoms with Crippen molar-refractivity contribution in [1.29, 1.82) is 0 Å². The minimum Gasteiger partial charge on any atom is -0.496 e. The summed E-state index contributed by atoms with van der Waals surface area (Å²) in [4.78, 5) is 2.36. The van der Waals surface area contributed by atoms with Crippen molar-refractivity contribution in [3.8, 4) is 5.75 Å². The molecular formula is C14H24N2O. The Morgan fingerprint density at radius 1 is 1.24 bits per heavy atom. The summed E-state index contributed by atoms with van der Waals surface area (Å²) in [6.45, 7) is 3.29. The first-order valence-corrected chi connectivity index (χ1v) is 6.23. The molecule has 0 atom stereocenters. The molecule has 1 aromatic rings. The Morgan fingerprint density at radius 3 is 2.71 bits per heavy atom. The van der Waals surface area contributed by atoms with Gasteiger partial charge in [-0.3, -0.25) is 0 Å². The highest BCUT2D eigenvalue weighted by atomic mass is 16.5. The van der Waals surface area contributed by atoms with E-state index in [1.54, 1.807) is 7.11 Å². The van der Waals surface area contributed by atoms with E-state index in [0.717, 1.165) is 31.8 Å². The lowest BCUT2D eigenvalue weighted by Gasteiger charge is -2.17. The molecule has 0 aromatic heterocycles. The average molecular weight is 236 g/mol. The van der Waals surface area contributed by atoms with Crippen molar-refractivity contribution in [2.24, 2.45) is 0 Å². The van der Waals surface area contributed by atoms with Crippen LogP contribution in [0.2, 0.25) is 0 Å². The summed E-state index contributed by atoms with van der Waals surface area (Å²) < 4.78 is 5.35. The van der Waals surface area contributed by atoms with Crippen molar-refractivity contribution >= 4 is 0 Å². The zero-order chi connectivity index (χ0) is 12.5. The van der Waals surface area contributed by atoms with Crippen LogP contribution >= 0.6 is 0 Å². The quantitative estimate of drug-likeness (QED) is 0.696. The van der Waals surface area contributed by atoms with E-state index in [-0.39, 0.29) is 0 Å². The van der Waals surface area contributed by atoms with Gasteiger partial charge in [-0.15, -0.1) is 0 Å². The van der Waals surface area contributed by atoms with E-state index in [9.17, 15) is 0 Å². The van der Waals surface area contributed by atoms with Crippen LogP contribution in [0.25, 0.3) is 0 Å². The molecule has 1 N–H and O–H groups in total. The fourth-order valence-electron chi connectivity index (χ4n) is 1.86. The Kier molecular flexibility index (Phi) is 6.67. The van der Waals surface area contributed by atoms with E-state index in [2.05, 4.69) is 29.4 Å². The van der Waals surface area contributed by atoms with Gasteiger partial charge in [-0.2, -0.15) is 0 Å². The van der Waals surface area contributed by atoms with Crippen molar-refractivity contribution in [2.45, 2.75) is 12.8 Å². The van der Waals surface area contributed by atoms with Crippen LogP contribution in [0, 0.1) is 0 Å². The molecule has 1 aromatic carbocycles. The first-order valence-electron chi connectivity index (χ1n) is 6.23. The SMILES string of the molecule is CNCCCN(C)CCc1ccccc1OC. The smallest absolute Gasteiger partial charge is 0.122 e. The number of benzene rings is 1. The molecule has 3 heteroatoms. The summed E-state index contributed by atoms with van der Waals surface area (Å²) in [7, 11) is 5.90. The van der Waals surface area contributed by atoms with Gasteiger partial charge >= 0.3 is 0 Å². The molecule has 3 nitrogen and oxygen atoms in total. The molecular weight excluding hydrogens is 212 g/mol. The van der Waals surface area contributed by atoms with Gasteiger partial charge < -0.3 is 15.0 Å². The summed E-state index contributed by atoms with van der Waals surface area (Å²) in [5.74, 6) is 0.996. The molecule has 0 saturated heterocycles. The molecule has 0 amide bonds. The van der Waals surface area contributed by atoms with Crippen molar-refractivity contribution in [3.63, 3.8) is 0 Å². The normalized spacial score (nSPS) is 10.8. The molecule has 0 radical (unpaired) electrons. The molecule has 0 heterocycles. The number of hydrogen-bond donors (Lipinski definition) is 1. The second-order valence-corrected chi connectivity index (χ2v) is 4.32. The number of para-hydroxylation sites is 1. The molecule has 0 aliphatic heterocycles. The minimum atomic E-state index is 0.996. The van der Waals surface area contributed by atoms with Crippen molar-refractivity contribution in [3.05, 3.63) is 29.8 Å². The monoisotopic (exact) mass is 236 g/mol. The summed E-state index contributed by atoms with van der Waals surface area (Å²) >= 11 is 0. The summed E-state index contributed by atoms with van der Waals surface area (Å²) in [6, 6.07) is 8.24. The predicted molar refractivity (Wildman–Crippen MR) is 72.7 cm³/mol. The standard InChI is InChI=1S/C14H24N2O/c1-15-10-6-11-16(2)12-9-13-7-4-5-8-14(13)17-3/h4-5,7-8,15H,6,9-12H2,1-3H3. The van der Waals surface area contributed by atoms with E-state index < -0.39 is 0 Å². The average Bonchev–Trinajstić information content (AvgIpc) is 2.37. The van der Waals surface area contributed by atoms with Gasteiger partial charge in [0.15, 0.2) is 0 Å². The minimum absolute atomic E-state index is 0.996. The number of nitrogens with zero attached hydrogens (tertiary/aromatic N) is 1. The number of rotatable bonds is 8. The van der Waals surface area contributed by atoms with E-state index in [1.807, 2.05) is 19.2 Å². The zero-order valence-electron chi connectivity index (χ0n) is 11.2. The van der Waals surface area contributed by atoms with Gasteiger partial charge in [0.25, 0.3) is 0 Å². The molecule has 0 unspecified atom stereocenters. The van der Waals surface area contributed by atoms with Gasteiger partial charge in [0, 0.05) is 6.54 Å². The lowest BCUT2D eigenvalue weighted by molar-refractivity contribution is 0.329. The lowest BCUT2D eigenvalue weighted by Crippen LogP contribution is -2.25. The van der Waals surface area contributed by atoms with Crippen molar-refractivity contribution in [1.82, 2.24) is 10.2 Å². The van der Waals surface area contributed by atoms with Crippen LogP contribution in [-0.2, 0) is 6.42 Å². The molecule has 0 saturated carbocycles. The van der Waals surface area contributed by atoms with E-state index in [0.29, 0.717) is 0 Å². The van der Waals surface area contributed by atoms with Crippen LogP contribution in [0.3, 0.4) is 0 Å². The first kappa shape index (κ1) is 14.0. The maximum absolute atomic E-state index is 5.35. The third kappa shape index (κ3) is 5.20. The van der Waals surface area contributed by atoms with Crippen LogP contribution in [0.15, 0.2) is 24.3 Å². The fraction of sp³-hybridized carbons (Fsp3) is 0.571. The molecule has 96 valence electrons. The van der Waals surface area contributed by atoms with Crippen molar-refractivity contribution in [2.75, 3.05) is 40.8 Å². The van der Waals surface area contributed by atoms with Crippen LogP contribution in [-0.4, -0.2) is 45.7 Å². The van der Waals surface area contributed by atoms with Gasteiger partial charge in [-0.1, -0.05) is 18.2 Å². The topological polar surface area (TPSA) is 24.5 Å². The fourth-order valence-corrected chi connectivity index (χ4v) is 1.86. The lowest BCUT2D eigenvalue weighted by atomic mass is 10.1. The molecule has 1 rings (SSSR count). The third-order valence-electron chi connectivity index (χ3n) is 2.92. The third-order valence-corrected chi connectivity index (χ3v) is 2.92. The van der Waals surface area contributed by atoms with Crippen LogP contribution < -0.4 is 10.1 Å². The highest BCUT2D eigenvalue weighted by Crippen LogP contribution is 2.17.